The summed E-state index contributed by atoms with van der Waals surface area (Å²) in [6.07, 6.45) is 1.84. The van der Waals surface area contributed by atoms with Gasteiger partial charge >= 0.3 is 5.97 Å². The molecule has 2 heterocycles. The van der Waals surface area contributed by atoms with E-state index in [-0.39, 0.29) is 12.2 Å². The minimum absolute atomic E-state index is 0.206. The molecule has 0 amide bonds. The maximum Gasteiger partial charge on any atom is 0.338 e. The summed E-state index contributed by atoms with van der Waals surface area (Å²) in [6, 6.07) is 10.6. The van der Waals surface area contributed by atoms with E-state index in [0.717, 1.165) is 15.7 Å². The van der Waals surface area contributed by atoms with Crippen LogP contribution in [0, 0.1) is 0 Å². The van der Waals surface area contributed by atoms with E-state index in [1.807, 2.05) is 56.3 Å². The zero-order valence-electron chi connectivity index (χ0n) is 22.2. The van der Waals surface area contributed by atoms with Crippen LogP contribution in [0.4, 0.5) is 5.69 Å². The molecular formula is C28H30BrN3O5S. The van der Waals surface area contributed by atoms with E-state index in [0.29, 0.717) is 44.3 Å². The molecule has 0 saturated heterocycles. The number of hydrogen-bond donors (Lipinski definition) is 0. The fraction of sp³-hybridized carbons (Fsp3) is 0.321. The number of rotatable bonds is 8. The number of anilines is 1. The number of methoxy groups -OCH3 is 1. The maximum atomic E-state index is 13.9. The number of aromatic nitrogens is 1. The fourth-order valence-electron chi connectivity index (χ4n) is 4.37. The van der Waals surface area contributed by atoms with Gasteiger partial charge in [-0.25, -0.2) is 9.79 Å². The van der Waals surface area contributed by atoms with Gasteiger partial charge in [0.1, 0.15) is 0 Å². The lowest BCUT2D eigenvalue weighted by atomic mass is 9.95. The molecule has 2 aromatic carbocycles. The highest BCUT2D eigenvalue weighted by atomic mass is 79.9. The SMILES string of the molecule is CCOC(=O)C1=C(C)N=c2s/c(=C\c3ccc(N(C)C)c(Br)c3)c(=O)n2[C@H]1c1ccc(OC)c(OCC)c1. The fourth-order valence-corrected chi connectivity index (χ4v) is 6.16. The molecule has 0 bridgehead atoms. The second kappa shape index (κ2) is 11.6. The number of allylic oxidation sites excluding steroid dienone is 1. The second-order valence-corrected chi connectivity index (χ2v) is 10.6. The quantitative estimate of drug-likeness (QED) is 0.364. The molecule has 0 spiro atoms. The molecule has 4 rings (SSSR count). The Morgan fingerprint density at radius 2 is 1.92 bits per heavy atom. The lowest BCUT2D eigenvalue weighted by Gasteiger charge is -2.25. The van der Waals surface area contributed by atoms with Crippen molar-refractivity contribution in [2.45, 2.75) is 26.8 Å². The highest BCUT2D eigenvalue weighted by Crippen LogP contribution is 2.36. The first kappa shape index (κ1) is 27.7. The summed E-state index contributed by atoms with van der Waals surface area (Å²) in [7, 11) is 5.51. The smallest absolute Gasteiger partial charge is 0.338 e. The topological polar surface area (TPSA) is 82.4 Å². The van der Waals surface area contributed by atoms with Crippen LogP contribution < -0.4 is 29.3 Å². The van der Waals surface area contributed by atoms with Crippen molar-refractivity contribution < 1.29 is 19.0 Å². The van der Waals surface area contributed by atoms with E-state index in [2.05, 4.69) is 20.9 Å². The zero-order valence-corrected chi connectivity index (χ0v) is 24.6. The Balaban J connectivity index is 1.93. The Kier molecular flexibility index (Phi) is 8.42. The van der Waals surface area contributed by atoms with Crippen LogP contribution in [-0.2, 0) is 9.53 Å². The zero-order chi connectivity index (χ0) is 27.6. The summed E-state index contributed by atoms with van der Waals surface area (Å²) >= 11 is 4.90. The van der Waals surface area contributed by atoms with Gasteiger partial charge in [-0.1, -0.05) is 23.5 Å². The van der Waals surface area contributed by atoms with Crippen LogP contribution in [-0.4, -0.2) is 45.0 Å². The van der Waals surface area contributed by atoms with Gasteiger partial charge in [-0.2, -0.15) is 0 Å². The molecular weight excluding hydrogens is 570 g/mol. The van der Waals surface area contributed by atoms with Crippen LogP contribution in [0.1, 0.15) is 37.9 Å². The largest absolute Gasteiger partial charge is 0.493 e. The van der Waals surface area contributed by atoms with Crippen molar-refractivity contribution in [3.63, 3.8) is 0 Å². The van der Waals surface area contributed by atoms with Gasteiger partial charge in [0, 0.05) is 18.6 Å². The third kappa shape index (κ3) is 5.28. The number of benzene rings is 2. The normalized spacial score (nSPS) is 15.1. The Morgan fingerprint density at radius 1 is 1.16 bits per heavy atom. The van der Waals surface area contributed by atoms with Crippen molar-refractivity contribution >= 4 is 45.0 Å². The number of fused-ring (bicyclic) bond motifs is 1. The molecule has 0 fully saturated rings. The van der Waals surface area contributed by atoms with Crippen molar-refractivity contribution in [2.24, 2.45) is 4.99 Å². The minimum atomic E-state index is -0.736. The van der Waals surface area contributed by atoms with Gasteiger partial charge in [0.15, 0.2) is 16.3 Å². The summed E-state index contributed by atoms with van der Waals surface area (Å²) < 4.78 is 19.6. The van der Waals surface area contributed by atoms with Crippen molar-refractivity contribution in [3.8, 4) is 11.5 Å². The molecule has 1 atom stereocenters. The van der Waals surface area contributed by atoms with Gasteiger partial charge in [0.2, 0.25) is 0 Å². The van der Waals surface area contributed by atoms with E-state index in [1.54, 1.807) is 37.7 Å². The maximum absolute atomic E-state index is 13.9. The number of thiazole rings is 1. The Morgan fingerprint density at radius 3 is 2.55 bits per heavy atom. The van der Waals surface area contributed by atoms with E-state index < -0.39 is 12.0 Å². The van der Waals surface area contributed by atoms with Gasteiger partial charge in [-0.15, -0.1) is 0 Å². The first-order valence-electron chi connectivity index (χ1n) is 12.2. The van der Waals surface area contributed by atoms with Gasteiger partial charge in [-0.3, -0.25) is 9.36 Å². The van der Waals surface area contributed by atoms with Crippen LogP contribution in [0.25, 0.3) is 6.08 Å². The minimum Gasteiger partial charge on any atom is -0.493 e. The number of hydrogen-bond acceptors (Lipinski definition) is 8. The third-order valence-electron chi connectivity index (χ3n) is 6.07. The van der Waals surface area contributed by atoms with Crippen LogP contribution in [0.5, 0.6) is 11.5 Å². The summed E-state index contributed by atoms with van der Waals surface area (Å²) in [6.45, 7) is 6.03. The van der Waals surface area contributed by atoms with Crippen molar-refractivity contribution in [1.82, 2.24) is 4.57 Å². The monoisotopic (exact) mass is 599 g/mol. The van der Waals surface area contributed by atoms with E-state index in [9.17, 15) is 9.59 Å². The second-order valence-electron chi connectivity index (χ2n) is 8.75. The molecule has 0 unspecified atom stereocenters. The van der Waals surface area contributed by atoms with Gasteiger partial charge < -0.3 is 19.1 Å². The standard InChI is InChI=1S/C28H30BrN3O5S/c1-7-36-22-15-18(10-12-21(22)35-6)25-24(27(34)37-8-2)16(3)30-28-32(25)26(33)23(38-28)14-17-9-11-20(31(4)5)19(29)13-17/h9-15,25H,7-8H2,1-6H3/b23-14-/t25-/m0/s1. The number of ether oxygens (including phenoxy) is 3. The van der Waals surface area contributed by atoms with E-state index >= 15 is 0 Å². The van der Waals surface area contributed by atoms with Crippen LogP contribution in [0.15, 0.2) is 61.9 Å². The molecule has 3 aromatic rings. The predicted octanol–water partition coefficient (Wildman–Crippen LogP) is 4.03. The molecule has 1 aliphatic heterocycles. The van der Waals surface area contributed by atoms with Crippen molar-refractivity contribution in [1.29, 1.82) is 0 Å². The molecule has 0 aliphatic carbocycles. The Labute approximate surface area is 233 Å². The summed E-state index contributed by atoms with van der Waals surface area (Å²) in [5.41, 5.74) is 3.17. The third-order valence-corrected chi connectivity index (χ3v) is 7.69. The highest BCUT2D eigenvalue weighted by molar-refractivity contribution is 9.10. The molecule has 38 heavy (non-hydrogen) atoms. The van der Waals surface area contributed by atoms with E-state index in [4.69, 9.17) is 14.2 Å². The van der Waals surface area contributed by atoms with Crippen LogP contribution in [0.2, 0.25) is 0 Å². The number of esters is 1. The highest BCUT2D eigenvalue weighted by Gasteiger charge is 2.34. The number of nitrogens with zero attached hydrogens (tertiary/aromatic N) is 3. The number of halogens is 1. The summed E-state index contributed by atoms with van der Waals surface area (Å²) in [5, 5.41) is 0. The average Bonchev–Trinajstić information content (AvgIpc) is 3.17. The van der Waals surface area contributed by atoms with Crippen LogP contribution >= 0.6 is 27.3 Å². The number of carbonyl (C=O) groups excluding carboxylic acids is 1. The van der Waals surface area contributed by atoms with Gasteiger partial charge in [-0.05, 0) is 78.2 Å². The molecule has 200 valence electrons. The summed E-state index contributed by atoms with van der Waals surface area (Å²) in [5.74, 6) is 0.580. The molecule has 1 aliphatic rings. The van der Waals surface area contributed by atoms with Crippen molar-refractivity contribution in [3.05, 3.63) is 83.0 Å². The molecule has 10 heteroatoms. The Hall–Kier alpha value is -3.37. The Bertz CT molecular complexity index is 1590. The average molecular weight is 601 g/mol. The molecule has 0 radical (unpaired) electrons. The van der Waals surface area contributed by atoms with Gasteiger partial charge in [0.25, 0.3) is 5.56 Å². The molecule has 8 nitrogen and oxygen atoms in total. The first-order chi connectivity index (χ1) is 18.2. The predicted molar refractivity (Wildman–Crippen MR) is 153 cm³/mol. The van der Waals surface area contributed by atoms with Crippen molar-refractivity contribution in [2.75, 3.05) is 39.3 Å². The first-order valence-corrected chi connectivity index (χ1v) is 13.8. The summed E-state index contributed by atoms with van der Waals surface area (Å²) in [4.78, 5) is 34.2. The van der Waals surface area contributed by atoms with E-state index in [1.165, 1.54) is 11.3 Å². The molecule has 0 saturated carbocycles. The number of carbonyl (C=O) groups is 1. The molecule has 0 N–H and O–H groups in total. The lowest BCUT2D eigenvalue weighted by molar-refractivity contribution is -0.139. The van der Waals surface area contributed by atoms with Gasteiger partial charge in [0.05, 0.1) is 47.9 Å². The molecule has 1 aromatic heterocycles. The lowest BCUT2D eigenvalue weighted by Crippen LogP contribution is -2.40. The van der Waals surface area contributed by atoms with Crippen LogP contribution in [0.3, 0.4) is 0 Å².